The number of rotatable bonds is 3. The van der Waals surface area contributed by atoms with Crippen molar-refractivity contribution in [2.75, 3.05) is 0 Å². The SMILES string of the molecule is CCn1ncc(Br)c1C(N)c1ccc(F)c(F)c1Br. The summed E-state index contributed by atoms with van der Waals surface area (Å²) in [5, 5.41) is 4.16. The molecule has 7 heteroatoms. The zero-order chi connectivity index (χ0) is 14.2. The maximum Gasteiger partial charge on any atom is 0.173 e. The molecule has 3 nitrogen and oxygen atoms in total. The van der Waals surface area contributed by atoms with Gasteiger partial charge in [0.1, 0.15) is 0 Å². The third kappa shape index (κ3) is 2.59. The Bertz CT molecular complexity index is 613. The van der Waals surface area contributed by atoms with Gasteiger partial charge in [-0.15, -0.1) is 0 Å². The number of aryl methyl sites for hydroxylation is 1. The normalized spacial score (nSPS) is 12.7. The van der Waals surface area contributed by atoms with E-state index in [-0.39, 0.29) is 4.47 Å². The molecule has 2 rings (SSSR count). The smallest absolute Gasteiger partial charge is 0.173 e. The number of hydrogen-bond donors (Lipinski definition) is 1. The summed E-state index contributed by atoms with van der Waals surface area (Å²) in [6.45, 7) is 2.56. The van der Waals surface area contributed by atoms with E-state index in [2.05, 4.69) is 37.0 Å². The van der Waals surface area contributed by atoms with Crippen molar-refractivity contribution in [3.8, 4) is 0 Å². The predicted octanol–water partition coefficient (Wildman–Crippen LogP) is 3.75. The summed E-state index contributed by atoms with van der Waals surface area (Å²) >= 11 is 6.42. The molecule has 1 atom stereocenters. The van der Waals surface area contributed by atoms with Gasteiger partial charge in [-0.1, -0.05) is 6.07 Å². The minimum absolute atomic E-state index is 0.0377. The molecule has 0 fully saturated rings. The first-order chi connectivity index (χ1) is 8.97. The van der Waals surface area contributed by atoms with Gasteiger partial charge in [-0.25, -0.2) is 8.78 Å². The monoisotopic (exact) mass is 393 g/mol. The highest BCUT2D eigenvalue weighted by atomic mass is 79.9. The van der Waals surface area contributed by atoms with Crippen LogP contribution in [0.2, 0.25) is 0 Å². The second kappa shape index (κ2) is 5.68. The molecule has 0 spiro atoms. The van der Waals surface area contributed by atoms with Crippen molar-refractivity contribution in [1.82, 2.24) is 9.78 Å². The quantitative estimate of drug-likeness (QED) is 0.805. The first-order valence-corrected chi connectivity index (χ1v) is 7.16. The van der Waals surface area contributed by atoms with Crippen LogP contribution in [0.3, 0.4) is 0 Å². The van der Waals surface area contributed by atoms with Gasteiger partial charge in [-0.05, 0) is 50.4 Å². The van der Waals surface area contributed by atoms with Crippen molar-refractivity contribution in [2.45, 2.75) is 19.5 Å². The van der Waals surface area contributed by atoms with E-state index in [1.807, 2.05) is 6.92 Å². The van der Waals surface area contributed by atoms with Gasteiger partial charge in [0, 0.05) is 6.54 Å². The molecule has 0 aliphatic carbocycles. The van der Waals surface area contributed by atoms with Gasteiger partial charge >= 0.3 is 0 Å². The summed E-state index contributed by atoms with van der Waals surface area (Å²) in [6.07, 6.45) is 1.63. The van der Waals surface area contributed by atoms with Crippen molar-refractivity contribution in [3.63, 3.8) is 0 Å². The molecule has 1 aromatic carbocycles. The maximum atomic E-state index is 13.6. The van der Waals surface area contributed by atoms with E-state index in [1.165, 1.54) is 6.07 Å². The number of nitrogens with two attached hydrogens (primary N) is 1. The molecule has 19 heavy (non-hydrogen) atoms. The molecule has 0 saturated heterocycles. The van der Waals surface area contributed by atoms with Gasteiger partial charge in [-0.2, -0.15) is 5.10 Å². The maximum absolute atomic E-state index is 13.6. The van der Waals surface area contributed by atoms with Crippen LogP contribution in [0.5, 0.6) is 0 Å². The van der Waals surface area contributed by atoms with Crippen molar-refractivity contribution < 1.29 is 8.78 Å². The Morgan fingerprint density at radius 1 is 1.37 bits per heavy atom. The van der Waals surface area contributed by atoms with Crippen LogP contribution in [0.4, 0.5) is 8.78 Å². The highest BCUT2D eigenvalue weighted by Crippen LogP contribution is 2.33. The Labute approximate surface area is 126 Å². The zero-order valence-corrected chi connectivity index (χ0v) is 13.2. The van der Waals surface area contributed by atoms with Crippen molar-refractivity contribution >= 4 is 31.9 Å². The van der Waals surface area contributed by atoms with E-state index in [0.717, 1.165) is 10.5 Å². The first-order valence-electron chi connectivity index (χ1n) is 5.57. The largest absolute Gasteiger partial charge is 0.319 e. The van der Waals surface area contributed by atoms with E-state index >= 15 is 0 Å². The van der Waals surface area contributed by atoms with Gasteiger partial charge in [0.15, 0.2) is 11.6 Å². The molecule has 1 heterocycles. The van der Waals surface area contributed by atoms with Crippen LogP contribution >= 0.6 is 31.9 Å². The Balaban J connectivity index is 2.53. The molecule has 2 N–H and O–H groups in total. The van der Waals surface area contributed by atoms with E-state index in [4.69, 9.17) is 5.73 Å². The van der Waals surface area contributed by atoms with Crippen LogP contribution in [0.15, 0.2) is 27.3 Å². The highest BCUT2D eigenvalue weighted by molar-refractivity contribution is 9.10. The minimum atomic E-state index is -0.938. The third-order valence-electron chi connectivity index (χ3n) is 2.83. The lowest BCUT2D eigenvalue weighted by atomic mass is 10.0. The van der Waals surface area contributed by atoms with Crippen LogP contribution < -0.4 is 5.73 Å². The Morgan fingerprint density at radius 3 is 2.68 bits per heavy atom. The minimum Gasteiger partial charge on any atom is -0.319 e. The average molecular weight is 395 g/mol. The van der Waals surface area contributed by atoms with Gasteiger partial charge < -0.3 is 5.73 Å². The number of aromatic nitrogens is 2. The molecule has 0 bridgehead atoms. The molecule has 0 amide bonds. The zero-order valence-electron chi connectivity index (χ0n) is 10.0. The fourth-order valence-corrected chi connectivity index (χ4v) is 2.97. The van der Waals surface area contributed by atoms with Crippen molar-refractivity contribution in [3.05, 3.63) is 50.2 Å². The second-order valence-corrected chi connectivity index (χ2v) is 5.58. The summed E-state index contributed by atoms with van der Waals surface area (Å²) in [6, 6.07) is 1.92. The van der Waals surface area contributed by atoms with Crippen molar-refractivity contribution in [1.29, 1.82) is 0 Å². The van der Waals surface area contributed by atoms with E-state index < -0.39 is 17.7 Å². The molecule has 2 aromatic rings. The Kier molecular flexibility index (Phi) is 4.37. The number of hydrogen-bond acceptors (Lipinski definition) is 2. The Morgan fingerprint density at radius 2 is 2.05 bits per heavy atom. The molecular formula is C12H11Br2F2N3. The summed E-state index contributed by atoms with van der Waals surface area (Å²) in [5.74, 6) is -1.85. The molecule has 1 unspecified atom stereocenters. The third-order valence-corrected chi connectivity index (χ3v) is 4.24. The fourth-order valence-electron chi connectivity index (χ4n) is 1.86. The van der Waals surface area contributed by atoms with E-state index in [9.17, 15) is 8.78 Å². The lowest BCUT2D eigenvalue weighted by molar-refractivity contribution is 0.500. The summed E-state index contributed by atoms with van der Waals surface area (Å²) in [7, 11) is 0. The lowest BCUT2D eigenvalue weighted by Crippen LogP contribution is -2.18. The van der Waals surface area contributed by atoms with E-state index in [0.29, 0.717) is 17.8 Å². The van der Waals surface area contributed by atoms with Gasteiger partial charge in [0.2, 0.25) is 0 Å². The fraction of sp³-hybridized carbons (Fsp3) is 0.250. The van der Waals surface area contributed by atoms with Crippen LogP contribution in [-0.4, -0.2) is 9.78 Å². The molecule has 102 valence electrons. The molecule has 0 aliphatic heterocycles. The molecule has 0 aliphatic rings. The summed E-state index contributed by atoms with van der Waals surface area (Å²) in [4.78, 5) is 0. The topological polar surface area (TPSA) is 43.8 Å². The molecule has 1 aromatic heterocycles. The molecule has 0 radical (unpaired) electrons. The second-order valence-electron chi connectivity index (χ2n) is 3.94. The van der Waals surface area contributed by atoms with Gasteiger partial charge in [-0.3, -0.25) is 4.68 Å². The summed E-state index contributed by atoms with van der Waals surface area (Å²) in [5.41, 5.74) is 7.33. The molecule has 0 saturated carbocycles. The number of halogens is 4. The summed E-state index contributed by atoms with van der Waals surface area (Å²) < 4.78 is 29.2. The predicted molar refractivity (Wildman–Crippen MR) is 75.7 cm³/mol. The van der Waals surface area contributed by atoms with Crippen LogP contribution in [0, 0.1) is 11.6 Å². The van der Waals surface area contributed by atoms with Crippen LogP contribution in [0.1, 0.15) is 24.2 Å². The standard InChI is InChI=1S/C12H11Br2F2N3/c1-2-19-12(7(13)5-18-19)11(17)6-3-4-8(15)10(16)9(6)14/h3-5,11H,2,17H2,1H3. The van der Waals surface area contributed by atoms with Gasteiger partial charge in [0.05, 0.1) is 26.9 Å². The van der Waals surface area contributed by atoms with Gasteiger partial charge in [0.25, 0.3) is 0 Å². The number of nitrogens with zero attached hydrogens (tertiary/aromatic N) is 2. The highest BCUT2D eigenvalue weighted by Gasteiger charge is 2.22. The number of benzene rings is 1. The first kappa shape index (κ1) is 14.6. The Hall–Kier alpha value is -0.790. The van der Waals surface area contributed by atoms with Crippen LogP contribution in [-0.2, 0) is 6.54 Å². The lowest BCUT2D eigenvalue weighted by Gasteiger charge is -2.16. The average Bonchev–Trinajstić information content (AvgIpc) is 2.76. The molecular weight excluding hydrogens is 384 g/mol. The van der Waals surface area contributed by atoms with Crippen molar-refractivity contribution in [2.24, 2.45) is 5.73 Å². The van der Waals surface area contributed by atoms with E-state index in [1.54, 1.807) is 10.9 Å². The van der Waals surface area contributed by atoms with Crippen LogP contribution in [0.25, 0.3) is 0 Å².